The second-order valence-electron chi connectivity index (χ2n) is 9.27. The first-order valence-corrected chi connectivity index (χ1v) is 10.1. The van der Waals surface area contributed by atoms with Crippen LogP contribution in [0.5, 0.6) is 0 Å². The van der Waals surface area contributed by atoms with Gasteiger partial charge in [-0.2, -0.15) is 0 Å². The predicted molar refractivity (Wildman–Crippen MR) is 109 cm³/mol. The number of hydrogen-bond donors (Lipinski definition) is 2. The third kappa shape index (κ3) is 3.77. The Morgan fingerprint density at radius 1 is 1.29 bits per heavy atom. The van der Waals surface area contributed by atoms with Crippen LogP contribution in [0.1, 0.15) is 58.1 Å². The zero-order valence-electron chi connectivity index (χ0n) is 17.5. The average molecular weight is 386 g/mol. The minimum atomic E-state index is -0.879. The lowest BCUT2D eigenvalue weighted by Crippen LogP contribution is -2.54. The van der Waals surface area contributed by atoms with E-state index in [0.717, 1.165) is 34.6 Å². The molecule has 1 saturated heterocycles. The third-order valence-corrected chi connectivity index (χ3v) is 5.93. The smallest absolute Gasteiger partial charge is 0.324 e. The summed E-state index contributed by atoms with van der Waals surface area (Å²) in [7, 11) is 0. The summed E-state index contributed by atoms with van der Waals surface area (Å²) in [5.74, 6) is -0.290. The lowest BCUT2D eigenvalue weighted by molar-refractivity contribution is -0.136. The van der Waals surface area contributed by atoms with E-state index in [1.807, 2.05) is 32.0 Å². The molecule has 1 aliphatic carbocycles. The predicted octanol–water partition coefficient (Wildman–Crippen LogP) is 3.63. The van der Waals surface area contributed by atoms with Crippen molar-refractivity contribution < 1.29 is 14.4 Å². The van der Waals surface area contributed by atoms with Crippen molar-refractivity contribution in [2.75, 3.05) is 11.9 Å². The molecule has 0 bridgehead atoms. The Bertz CT molecular complexity index is 817. The maximum atomic E-state index is 13.2. The molecular formula is C22H31N3O3. The van der Waals surface area contributed by atoms with Gasteiger partial charge in [-0.25, -0.2) is 4.79 Å². The first kappa shape index (κ1) is 20.4. The monoisotopic (exact) mass is 385 g/mol. The summed E-state index contributed by atoms with van der Waals surface area (Å²) in [6.45, 7) is 10.1. The topological polar surface area (TPSA) is 78.5 Å². The van der Waals surface area contributed by atoms with Gasteiger partial charge in [0.1, 0.15) is 12.1 Å². The molecule has 2 N–H and O–H groups in total. The molecule has 1 aromatic carbocycles. The van der Waals surface area contributed by atoms with E-state index >= 15 is 0 Å². The molecule has 28 heavy (non-hydrogen) atoms. The molecule has 6 heteroatoms. The molecule has 1 spiro atoms. The fourth-order valence-electron chi connectivity index (χ4n) is 5.17. The largest absolute Gasteiger partial charge is 0.325 e. The minimum Gasteiger partial charge on any atom is -0.324 e. The number of para-hydroxylation sites is 1. The number of hydrogen-bond acceptors (Lipinski definition) is 3. The quantitative estimate of drug-likeness (QED) is 0.777. The molecule has 1 aromatic rings. The molecule has 0 radical (unpaired) electrons. The van der Waals surface area contributed by atoms with E-state index in [-0.39, 0.29) is 23.8 Å². The number of rotatable bonds is 4. The van der Waals surface area contributed by atoms with Crippen LogP contribution in [0.2, 0.25) is 0 Å². The Hall–Kier alpha value is -2.37. The van der Waals surface area contributed by atoms with Crippen molar-refractivity contribution in [2.24, 2.45) is 11.3 Å². The number of aryl methyl sites for hydroxylation is 2. The van der Waals surface area contributed by atoms with Gasteiger partial charge in [0.05, 0.1) is 0 Å². The first-order valence-electron chi connectivity index (χ1n) is 10.1. The highest BCUT2D eigenvalue weighted by atomic mass is 16.2. The van der Waals surface area contributed by atoms with Crippen LogP contribution in [0.25, 0.3) is 0 Å². The lowest BCUT2D eigenvalue weighted by atomic mass is 9.64. The third-order valence-electron chi connectivity index (χ3n) is 5.93. The van der Waals surface area contributed by atoms with Crippen LogP contribution in [0.3, 0.4) is 0 Å². The summed E-state index contributed by atoms with van der Waals surface area (Å²) in [5, 5.41) is 5.82. The van der Waals surface area contributed by atoms with Crippen LogP contribution in [0.15, 0.2) is 18.2 Å². The zero-order chi connectivity index (χ0) is 20.7. The SMILES string of the molecule is CCc1cccc(C)c1NC(=O)CN1C(=O)NC2(CC(C)CC(C)(C)C2)C1=O. The van der Waals surface area contributed by atoms with Gasteiger partial charge < -0.3 is 10.6 Å². The molecule has 3 rings (SSSR count). The Kier molecular flexibility index (Phi) is 5.26. The highest BCUT2D eigenvalue weighted by Crippen LogP contribution is 2.46. The number of amides is 4. The van der Waals surface area contributed by atoms with E-state index in [1.165, 1.54) is 0 Å². The zero-order valence-corrected chi connectivity index (χ0v) is 17.5. The molecule has 6 nitrogen and oxygen atoms in total. The van der Waals surface area contributed by atoms with Crippen LogP contribution >= 0.6 is 0 Å². The molecule has 2 aliphatic rings. The minimum absolute atomic E-state index is 0.0317. The van der Waals surface area contributed by atoms with E-state index in [2.05, 4.69) is 31.4 Å². The van der Waals surface area contributed by atoms with E-state index in [4.69, 9.17) is 0 Å². The van der Waals surface area contributed by atoms with Gasteiger partial charge >= 0.3 is 6.03 Å². The van der Waals surface area contributed by atoms with Gasteiger partial charge in [0.15, 0.2) is 0 Å². The van der Waals surface area contributed by atoms with Crippen molar-refractivity contribution in [1.29, 1.82) is 0 Å². The highest BCUT2D eigenvalue weighted by molar-refractivity contribution is 6.10. The molecule has 0 aromatic heterocycles. The fourth-order valence-corrected chi connectivity index (χ4v) is 5.17. The van der Waals surface area contributed by atoms with Crippen molar-refractivity contribution in [1.82, 2.24) is 10.2 Å². The van der Waals surface area contributed by atoms with Crippen LogP contribution in [-0.4, -0.2) is 34.8 Å². The number of anilines is 1. The second-order valence-corrected chi connectivity index (χ2v) is 9.27. The molecule has 2 unspecified atom stereocenters. The molecule has 4 amide bonds. The van der Waals surface area contributed by atoms with Crippen molar-refractivity contribution in [3.63, 3.8) is 0 Å². The van der Waals surface area contributed by atoms with Gasteiger partial charge in [0, 0.05) is 5.69 Å². The Balaban J connectivity index is 1.76. The lowest BCUT2D eigenvalue weighted by Gasteiger charge is -2.43. The highest BCUT2D eigenvalue weighted by Gasteiger charge is 2.56. The summed E-state index contributed by atoms with van der Waals surface area (Å²) >= 11 is 0. The van der Waals surface area contributed by atoms with Crippen LogP contribution in [-0.2, 0) is 16.0 Å². The van der Waals surface area contributed by atoms with Gasteiger partial charge in [-0.1, -0.05) is 45.9 Å². The van der Waals surface area contributed by atoms with E-state index in [1.54, 1.807) is 0 Å². The number of urea groups is 1. The number of nitrogens with one attached hydrogen (secondary N) is 2. The molecular weight excluding hydrogens is 354 g/mol. The Morgan fingerprint density at radius 2 is 2.00 bits per heavy atom. The molecule has 1 heterocycles. The van der Waals surface area contributed by atoms with Gasteiger partial charge in [-0.3, -0.25) is 14.5 Å². The summed E-state index contributed by atoms with van der Waals surface area (Å²) in [4.78, 5) is 39.5. The summed E-state index contributed by atoms with van der Waals surface area (Å²) in [6, 6.07) is 5.39. The first-order chi connectivity index (χ1) is 13.1. The summed E-state index contributed by atoms with van der Waals surface area (Å²) in [6.07, 6.45) is 3.03. The maximum absolute atomic E-state index is 13.2. The number of nitrogens with zero attached hydrogens (tertiary/aromatic N) is 1. The normalized spacial score (nSPS) is 26.5. The fraction of sp³-hybridized carbons (Fsp3) is 0.591. The summed E-state index contributed by atoms with van der Waals surface area (Å²) < 4.78 is 0. The van der Waals surface area contributed by atoms with Crippen LogP contribution < -0.4 is 10.6 Å². The van der Waals surface area contributed by atoms with E-state index < -0.39 is 11.6 Å². The number of benzene rings is 1. The van der Waals surface area contributed by atoms with Gasteiger partial charge in [-0.15, -0.1) is 0 Å². The molecule has 152 valence electrons. The van der Waals surface area contributed by atoms with Gasteiger partial charge in [-0.05, 0) is 55.1 Å². The number of carbonyl (C=O) groups is 3. The Morgan fingerprint density at radius 3 is 2.64 bits per heavy atom. The average Bonchev–Trinajstić information content (AvgIpc) is 2.78. The van der Waals surface area contributed by atoms with E-state index in [9.17, 15) is 14.4 Å². The van der Waals surface area contributed by atoms with Gasteiger partial charge in [0.2, 0.25) is 5.91 Å². The van der Waals surface area contributed by atoms with Crippen molar-refractivity contribution in [2.45, 2.75) is 65.8 Å². The van der Waals surface area contributed by atoms with Crippen LogP contribution in [0, 0.1) is 18.3 Å². The van der Waals surface area contributed by atoms with E-state index in [0.29, 0.717) is 18.8 Å². The van der Waals surface area contributed by atoms with Crippen molar-refractivity contribution >= 4 is 23.5 Å². The Labute approximate surface area is 167 Å². The maximum Gasteiger partial charge on any atom is 0.325 e. The number of imide groups is 1. The standard InChI is InChI=1S/C22H31N3O3/c1-6-16-9-7-8-15(3)18(16)23-17(26)12-25-19(27)22(24-20(25)28)11-14(2)10-21(4,5)13-22/h7-9,14H,6,10-13H2,1-5H3,(H,23,26)(H,24,28). The van der Waals surface area contributed by atoms with Crippen LogP contribution in [0.4, 0.5) is 10.5 Å². The number of carbonyl (C=O) groups excluding carboxylic acids is 3. The summed E-state index contributed by atoms with van der Waals surface area (Å²) in [5.41, 5.74) is 1.85. The molecule has 1 saturated carbocycles. The second kappa shape index (κ2) is 7.22. The molecule has 1 aliphatic heterocycles. The molecule has 2 fully saturated rings. The van der Waals surface area contributed by atoms with Gasteiger partial charge in [0.25, 0.3) is 5.91 Å². The molecule has 2 atom stereocenters. The van der Waals surface area contributed by atoms with Crippen molar-refractivity contribution in [3.8, 4) is 0 Å². The van der Waals surface area contributed by atoms with Crippen molar-refractivity contribution in [3.05, 3.63) is 29.3 Å².